The zero-order chi connectivity index (χ0) is 91.8. The van der Waals surface area contributed by atoms with Gasteiger partial charge in [-0.3, -0.25) is 24.1 Å². The van der Waals surface area contributed by atoms with E-state index in [4.69, 9.17) is 73.1 Å². The molecule has 6 aromatic rings. The quantitative estimate of drug-likeness (QED) is 0.0126. The van der Waals surface area contributed by atoms with Gasteiger partial charge in [-0.25, -0.2) is 34.2 Å². The second kappa shape index (κ2) is 47.5. The number of carbonyl (C=O) groups excluding carboxylic acids is 6. The summed E-state index contributed by atoms with van der Waals surface area (Å²) in [5.74, 6) is -6.39. The molecule has 6 aliphatic rings. The van der Waals surface area contributed by atoms with Crippen LogP contribution >= 0.6 is 0 Å². The largest absolute Gasteiger partial charge is 0.460 e. The number of piperidine rings is 1. The van der Waals surface area contributed by atoms with Crippen molar-refractivity contribution in [1.82, 2.24) is 54.7 Å². The minimum Gasteiger partial charge on any atom is -0.460 e. The summed E-state index contributed by atoms with van der Waals surface area (Å²) in [6.45, 7) is 22.2. The van der Waals surface area contributed by atoms with Crippen LogP contribution in [0.15, 0.2) is 107 Å². The molecule has 9 heterocycles. The van der Waals surface area contributed by atoms with Crippen LogP contribution in [0.1, 0.15) is 154 Å². The fourth-order valence-electron chi connectivity index (χ4n) is 18.6. The summed E-state index contributed by atoms with van der Waals surface area (Å²) in [6.07, 6.45) is 16.4. The van der Waals surface area contributed by atoms with Crippen LogP contribution in [-0.2, 0) is 102 Å². The third-order valence-corrected chi connectivity index (χ3v) is 26.3. The number of rotatable bonds is 29. The van der Waals surface area contributed by atoms with E-state index >= 15 is 0 Å². The highest BCUT2D eigenvalue weighted by atomic mass is 16.6. The lowest BCUT2D eigenvalue weighted by molar-refractivity contribution is -0.265. The van der Waals surface area contributed by atoms with Gasteiger partial charge in [0.1, 0.15) is 53.8 Å². The van der Waals surface area contributed by atoms with Crippen LogP contribution < -0.4 is 21.7 Å². The first-order chi connectivity index (χ1) is 62.2. The smallest absolute Gasteiger partial charge is 0.407 e. The van der Waals surface area contributed by atoms with Gasteiger partial charge in [0.15, 0.2) is 17.0 Å². The first-order valence-electron chi connectivity index (χ1n) is 45.8. The Labute approximate surface area is 755 Å². The summed E-state index contributed by atoms with van der Waals surface area (Å²) in [7, 11) is 6.17. The molecule has 5 aliphatic heterocycles. The van der Waals surface area contributed by atoms with Gasteiger partial charge >= 0.3 is 12.1 Å². The molecule has 1 saturated carbocycles. The number of nitrogens with two attached hydrogens (primary N) is 2. The summed E-state index contributed by atoms with van der Waals surface area (Å²) in [5, 5.41) is 32.5. The Morgan fingerprint density at radius 3 is 2.19 bits per heavy atom. The van der Waals surface area contributed by atoms with Crippen LogP contribution in [0.5, 0.6) is 0 Å². The number of anilines is 3. The van der Waals surface area contributed by atoms with Gasteiger partial charge in [-0.2, -0.15) is 10.1 Å². The van der Waals surface area contributed by atoms with Gasteiger partial charge in [0.25, 0.3) is 17.7 Å². The summed E-state index contributed by atoms with van der Waals surface area (Å²) >= 11 is 0. The highest BCUT2D eigenvalue weighted by Gasteiger charge is 2.53. The van der Waals surface area contributed by atoms with Crippen molar-refractivity contribution in [3.05, 3.63) is 125 Å². The molecule has 4 fully saturated rings. The normalized spacial score (nSPS) is 28.2. The number of hydrogen-bond acceptors (Lipinski definition) is 30. The van der Waals surface area contributed by atoms with Crippen molar-refractivity contribution in [3.63, 3.8) is 0 Å². The number of fused-ring (bicyclic) bond motifs is 6. The molecule has 129 heavy (non-hydrogen) atoms. The first-order valence-corrected chi connectivity index (χ1v) is 45.8. The van der Waals surface area contributed by atoms with Crippen LogP contribution in [-0.4, -0.2) is 283 Å². The van der Waals surface area contributed by atoms with Crippen LogP contribution in [0, 0.1) is 35.5 Å². The summed E-state index contributed by atoms with van der Waals surface area (Å²) in [6, 6.07) is 10.8. The van der Waals surface area contributed by atoms with E-state index in [2.05, 4.69) is 58.2 Å². The van der Waals surface area contributed by atoms with Gasteiger partial charge < -0.3 is 98.2 Å². The van der Waals surface area contributed by atoms with E-state index in [0.29, 0.717) is 187 Å². The molecular formula is C95H134N14O20. The number of nitrogens with zero attached hydrogens (tertiary/aromatic N) is 11. The van der Waals surface area contributed by atoms with Gasteiger partial charge in [0, 0.05) is 141 Å². The molecule has 3 saturated heterocycles. The summed E-state index contributed by atoms with van der Waals surface area (Å²) in [4.78, 5) is 115. The first kappa shape index (κ1) is 98.5. The number of alkyl carbamates (subject to hydrolysis) is 1. The number of aliphatic hydroxyl groups is 2. The number of carbonyl (C=O) groups is 6. The highest BCUT2D eigenvalue weighted by Crippen LogP contribution is 2.40. The zero-order valence-electron chi connectivity index (χ0n) is 76.8. The number of esters is 1. The van der Waals surface area contributed by atoms with Crippen molar-refractivity contribution >= 4 is 75.4 Å². The number of nitrogens with one attached hydrogen (secondary N) is 1. The number of amides is 3. The predicted molar refractivity (Wildman–Crippen MR) is 482 cm³/mol. The maximum absolute atomic E-state index is 15.0. The van der Waals surface area contributed by atoms with E-state index in [1.807, 2.05) is 92.8 Å². The number of piperazine rings is 1. The number of hydrogen-bond donors (Lipinski definition) is 5. The van der Waals surface area contributed by atoms with Crippen molar-refractivity contribution in [1.29, 1.82) is 0 Å². The number of ether oxygens (including phenoxy) is 11. The Kier molecular flexibility index (Phi) is 36.3. The van der Waals surface area contributed by atoms with Crippen molar-refractivity contribution in [2.24, 2.45) is 35.5 Å². The summed E-state index contributed by atoms with van der Waals surface area (Å²) < 4.78 is 73.2. The fraction of sp³-hybridized carbons (Fsp3) is 0.621. The van der Waals surface area contributed by atoms with Crippen molar-refractivity contribution < 1.29 is 95.5 Å². The van der Waals surface area contributed by atoms with E-state index in [-0.39, 0.29) is 73.7 Å². The maximum atomic E-state index is 15.0. The lowest BCUT2D eigenvalue weighted by atomic mass is 9.78. The number of nitrogen functional groups attached to an aromatic ring is 2. The molecule has 4 aromatic heterocycles. The van der Waals surface area contributed by atoms with Crippen LogP contribution in [0.4, 0.5) is 22.6 Å². The molecule has 0 radical (unpaired) electrons. The number of Topliss-reactive ketones (excluding diaryl/α,β-unsaturated/α-hetero) is 2. The number of ketones is 2. The molecule has 704 valence electrons. The third-order valence-electron chi connectivity index (χ3n) is 26.3. The van der Waals surface area contributed by atoms with Gasteiger partial charge in [-0.05, 0) is 148 Å². The van der Waals surface area contributed by atoms with Crippen molar-refractivity contribution in [2.75, 3.05) is 143 Å². The van der Waals surface area contributed by atoms with Crippen LogP contribution in [0.25, 0.3) is 33.4 Å². The van der Waals surface area contributed by atoms with E-state index in [0.717, 1.165) is 61.4 Å². The molecule has 2 aromatic carbocycles. The average molecular weight is 1790 g/mol. The Hall–Kier alpha value is -9.56. The lowest BCUT2D eigenvalue weighted by Gasteiger charge is -2.43. The van der Waals surface area contributed by atoms with Crippen LogP contribution in [0.3, 0.4) is 0 Å². The SMILES string of the molecule is CO[C@H]1C[C@@H]2CC[C@@H](C)[C@@](O)(O2)C(=O)C(=O)N2CCCC[C@H]2C(=O)O[C@H]([C@H](C)C[C@@H]2CC[C@@H](OC(=O)NCc3cnc(N4CCN(CCOCCOCCOCCOCCC(=O)N5CCc6cc(Cn7nc(-c8ccc9oc(N)nc9c8)c8c(N)ncnc87)ccc6C5)CC4)nc3)[C@H](OC)C2)C[C@@H](OC)[C@H](C)/C=C(\C)[C@@H](O)[C@@H](OC)C(=O)[C@H](C)C[C@H](C)/C=C/C=C/C=C/1C. The second-order valence-electron chi connectivity index (χ2n) is 35.5. The van der Waals surface area contributed by atoms with E-state index < -0.39 is 96.2 Å². The average Bonchev–Trinajstić information content (AvgIpc) is 1.64. The van der Waals surface area contributed by atoms with Gasteiger partial charge in [0.2, 0.25) is 17.6 Å². The second-order valence-corrected chi connectivity index (χ2v) is 35.5. The van der Waals surface area contributed by atoms with Crippen molar-refractivity contribution in [3.8, 4) is 11.3 Å². The number of aliphatic hydroxyl groups excluding tert-OH is 1. The topological polar surface area (TPSA) is 417 Å². The minimum absolute atomic E-state index is 0.00758. The molecule has 7 N–H and O–H groups in total. The number of cyclic esters (lactones) is 1. The maximum Gasteiger partial charge on any atom is 0.407 e. The Bertz CT molecular complexity index is 4840. The number of methoxy groups -OCH3 is 4. The molecule has 16 atom stereocenters. The molecule has 1 aliphatic carbocycles. The van der Waals surface area contributed by atoms with Gasteiger partial charge in [-0.15, -0.1) is 0 Å². The zero-order valence-corrected chi connectivity index (χ0v) is 76.8. The molecule has 34 nitrogen and oxygen atoms in total. The molecule has 2 bridgehead atoms. The van der Waals surface area contributed by atoms with Crippen LogP contribution in [0.2, 0.25) is 0 Å². The number of benzene rings is 2. The van der Waals surface area contributed by atoms with E-state index in [1.165, 1.54) is 23.9 Å². The number of allylic oxidation sites excluding steroid dienone is 5. The Morgan fingerprint density at radius 1 is 0.721 bits per heavy atom. The van der Waals surface area contributed by atoms with Gasteiger partial charge in [-0.1, -0.05) is 89.3 Å². The molecular weight excluding hydrogens is 1660 g/mol. The van der Waals surface area contributed by atoms with E-state index in [1.54, 1.807) is 53.6 Å². The monoisotopic (exact) mass is 1790 g/mol. The highest BCUT2D eigenvalue weighted by molar-refractivity contribution is 6.39. The third kappa shape index (κ3) is 26.2. The fourth-order valence-corrected chi connectivity index (χ4v) is 18.6. The molecule has 3 amide bonds. The van der Waals surface area contributed by atoms with E-state index in [9.17, 15) is 39.0 Å². The number of aromatic nitrogens is 7. The molecule has 12 rings (SSSR count). The van der Waals surface area contributed by atoms with Gasteiger partial charge in [0.05, 0.1) is 95.6 Å². The minimum atomic E-state index is -2.46. The standard InChI is InChI=1S/C95H134N14O20/c1-59-17-13-12-14-18-60(2)77(118-8)51-72-25-20-65(7)95(117,129-72)87(113)90(114)108-30-16-15-19-74(108)91(115)126-79(52-78(119-9)61(3)46-64(6)85(112)86(121-11)84(111)63(5)45-59)62(4)47-66-22-26-76(80(49-66)120-10)128-94(116)100-55-68-53-98-93(99-54-68)106-34-32-105(33-35-106)36-38-123-40-42-125-44-43-124-41-39-122-37-29-81(110)107-31-28-69-48-67(21-23-71(69)57-107)56-109-89-82(88(96)101-58-102-89)83(104-109)70-24-27-75-73(50-70)103-92(97)127-75/h12-14,17-18,21,23-24,27,46,48,50,53-54,58-59,61-63,65-66,72,74,76-80,85-86,112,117H,15-16,19-20,22,25-26,28-45,47,49,51-52,55-57H2,1-11H3,(H2,97,103)(H,100,116)(H2,96,101,102)/b14-12+,17-13+,60-18+,64-46+/t59-,61-,62-,63-,65-,66+,72+,74+,76-,77+,78-,79+,80-,85-,86+,95-/m1/s1. The molecule has 0 unspecified atom stereocenters. The lowest BCUT2D eigenvalue weighted by Crippen LogP contribution is -2.61. The summed E-state index contributed by atoms with van der Waals surface area (Å²) in [5.41, 5.74) is 20.8. The molecule has 34 heteroatoms. The predicted octanol–water partition coefficient (Wildman–Crippen LogP) is 9.67. The molecule has 0 spiro atoms. The number of oxazole rings is 1. The Morgan fingerprint density at radius 2 is 1.46 bits per heavy atom. The van der Waals surface area contributed by atoms with Crippen molar-refractivity contribution in [2.45, 2.75) is 219 Å². The Balaban J connectivity index is 0.535.